The van der Waals surface area contributed by atoms with Gasteiger partial charge in [0.05, 0.1) is 18.5 Å². The molecule has 0 aliphatic carbocycles. The average Bonchev–Trinajstić information content (AvgIpc) is 2.96. The summed E-state index contributed by atoms with van der Waals surface area (Å²) in [4.78, 5) is 22.8. The molecular formula is C24H33N3OS. The maximum absolute atomic E-state index is 13.5. The fourth-order valence-corrected chi connectivity index (χ4v) is 4.63. The summed E-state index contributed by atoms with van der Waals surface area (Å²) >= 11 is 1.63. The molecule has 0 amide bonds. The molecule has 1 aromatic carbocycles. The number of nitrogens with zero attached hydrogens (tertiary/aromatic N) is 3. The fourth-order valence-electron chi connectivity index (χ4n) is 3.59. The van der Waals surface area contributed by atoms with E-state index in [1.165, 1.54) is 10.4 Å². The number of aryl methyl sites for hydroxylation is 2. The second kappa shape index (κ2) is 8.41. The molecule has 0 N–H and O–H groups in total. The Balaban J connectivity index is 2.09. The third-order valence-electron chi connectivity index (χ3n) is 5.79. The molecule has 5 heteroatoms. The van der Waals surface area contributed by atoms with Crippen LogP contribution >= 0.6 is 11.3 Å². The number of fused-ring (bicyclic) bond motifs is 1. The molecule has 0 atom stereocenters. The van der Waals surface area contributed by atoms with E-state index in [0.29, 0.717) is 13.1 Å². The molecule has 0 saturated carbocycles. The zero-order valence-corrected chi connectivity index (χ0v) is 19.6. The van der Waals surface area contributed by atoms with E-state index in [-0.39, 0.29) is 11.0 Å². The van der Waals surface area contributed by atoms with Gasteiger partial charge in [0.1, 0.15) is 10.7 Å². The van der Waals surface area contributed by atoms with E-state index in [0.717, 1.165) is 40.3 Å². The van der Waals surface area contributed by atoms with Crippen molar-refractivity contribution < 1.29 is 0 Å². The monoisotopic (exact) mass is 411 g/mol. The van der Waals surface area contributed by atoms with Crippen LogP contribution in [-0.2, 0) is 18.5 Å². The molecule has 3 aromatic rings. The number of rotatable bonds is 6. The molecular weight excluding hydrogens is 378 g/mol. The number of hydrogen-bond acceptors (Lipinski definition) is 4. The van der Waals surface area contributed by atoms with Gasteiger partial charge in [-0.25, -0.2) is 4.98 Å². The molecule has 0 aliphatic heterocycles. The first-order valence-corrected chi connectivity index (χ1v) is 11.3. The highest BCUT2D eigenvalue weighted by Crippen LogP contribution is 2.27. The lowest BCUT2D eigenvalue weighted by Crippen LogP contribution is -2.31. The van der Waals surface area contributed by atoms with E-state index in [2.05, 4.69) is 70.7 Å². The number of thiophene rings is 1. The lowest BCUT2D eigenvalue weighted by Gasteiger charge is -2.21. The van der Waals surface area contributed by atoms with Gasteiger partial charge in [0.25, 0.3) is 5.56 Å². The van der Waals surface area contributed by atoms with Crippen molar-refractivity contribution in [3.05, 3.63) is 62.0 Å². The predicted molar refractivity (Wildman–Crippen MR) is 124 cm³/mol. The van der Waals surface area contributed by atoms with E-state index in [9.17, 15) is 4.79 Å². The van der Waals surface area contributed by atoms with E-state index in [4.69, 9.17) is 4.98 Å². The molecule has 0 unspecified atom stereocenters. The van der Waals surface area contributed by atoms with Gasteiger partial charge in [0.2, 0.25) is 0 Å². The predicted octanol–water partition coefficient (Wildman–Crippen LogP) is 5.26. The van der Waals surface area contributed by atoms with Crippen molar-refractivity contribution in [2.24, 2.45) is 0 Å². The van der Waals surface area contributed by atoms with Crippen LogP contribution in [0.4, 0.5) is 0 Å². The van der Waals surface area contributed by atoms with Gasteiger partial charge in [-0.15, -0.1) is 11.3 Å². The van der Waals surface area contributed by atoms with Gasteiger partial charge >= 0.3 is 0 Å². The highest BCUT2D eigenvalue weighted by atomic mass is 32.1. The van der Waals surface area contributed by atoms with Gasteiger partial charge < -0.3 is 0 Å². The van der Waals surface area contributed by atoms with Gasteiger partial charge in [0.15, 0.2) is 0 Å². The number of benzene rings is 1. The molecule has 3 rings (SSSR count). The number of hydrogen-bond donors (Lipinski definition) is 0. The third kappa shape index (κ3) is 4.46. The van der Waals surface area contributed by atoms with Crippen LogP contribution in [0.5, 0.6) is 0 Å². The fraction of sp³-hybridized carbons (Fsp3) is 0.500. The van der Waals surface area contributed by atoms with Crippen LogP contribution in [0, 0.1) is 13.8 Å². The summed E-state index contributed by atoms with van der Waals surface area (Å²) in [5.41, 5.74) is 3.70. The Morgan fingerprint density at radius 1 is 1.07 bits per heavy atom. The van der Waals surface area contributed by atoms with E-state index in [1.807, 2.05) is 11.5 Å². The molecule has 156 valence electrons. The SMILES string of the molecule is CCN(CC)Cc1nc2sc(C)c(C)c2c(=O)n1Cc1ccc(C(C)(C)C)cc1. The van der Waals surface area contributed by atoms with Crippen LogP contribution in [0.1, 0.15) is 62.0 Å². The van der Waals surface area contributed by atoms with Crippen LogP contribution in [0.3, 0.4) is 0 Å². The minimum atomic E-state index is 0.0823. The summed E-state index contributed by atoms with van der Waals surface area (Å²) < 4.78 is 1.88. The normalized spacial score (nSPS) is 12.3. The molecule has 0 saturated heterocycles. The van der Waals surface area contributed by atoms with Crippen LogP contribution in [0.2, 0.25) is 0 Å². The Kier molecular flexibility index (Phi) is 6.30. The van der Waals surface area contributed by atoms with Crippen molar-refractivity contribution in [1.82, 2.24) is 14.5 Å². The van der Waals surface area contributed by atoms with Gasteiger partial charge in [0, 0.05) is 4.88 Å². The summed E-state index contributed by atoms with van der Waals surface area (Å²) in [6, 6.07) is 8.64. The third-order valence-corrected chi connectivity index (χ3v) is 6.89. The second-order valence-corrected chi connectivity index (χ2v) is 9.99. The van der Waals surface area contributed by atoms with Gasteiger partial charge in [-0.1, -0.05) is 58.9 Å². The lowest BCUT2D eigenvalue weighted by molar-refractivity contribution is 0.282. The zero-order chi connectivity index (χ0) is 21.3. The lowest BCUT2D eigenvalue weighted by atomic mass is 9.87. The molecule has 4 nitrogen and oxygen atoms in total. The summed E-state index contributed by atoms with van der Waals surface area (Å²) in [5.74, 6) is 0.854. The molecule has 2 aromatic heterocycles. The summed E-state index contributed by atoms with van der Waals surface area (Å²) in [6.07, 6.45) is 0. The van der Waals surface area contributed by atoms with Crippen molar-refractivity contribution in [2.45, 2.75) is 67.0 Å². The highest BCUT2D eigenvalue weighted by molar-refractivity contribution is 7.18. The Morgan fingerprint density at radius 3 is 2.24 bits per heavy atom. The summed E-state index contributed by atoms with van der Waals surface area (Å²) in [5, 5.41) is 0.780. The zero-order valence-electron chi connectivity index (χ0n) is 18.8. The molecule has 0 fully saturated rings. The van der Waals surface area contributed by atoms with Crippen LogP contribution in [0.25, 0.3) is 10.2 Å². The van der Waals surface area contributed by atoms with Gasteiger partial charge in [-0.2, -0.15) is 0 Å². The molecule has 29 heavy (non-hydrogen) atoms. The molecule has 0 aliphatic rings. The Morgan fingerprint density at radius 2 is 1.69 bits per heavy atom. The maximum atomic E-state index is 13.5. The minimum Gasteiger partial charge on any atom is -0.297 e. The van der Waals surface area contributed by atoms with Gasteiger partial charge in [-0.05, 0) is 49.0 Å². The first-order valence-electron chi connectivity index (χ1n) is 10.5. The van der Waals surface area contributed by atoms with Crippen molar-refractivity contribution in [3.8, 4) is 0 Å². The largest absolute Gasteiger partial charge is 0.297 e. The van der Waals surface area contributed by atoms with Crippen molar-refractivity contribution in [1.29, 1.82) is 0 Å². The topological polar surface area (TPSA) is 38.1 Å². The Bertz CT molecular complexity index is 1050. The van der Waals surface area contributed by atoms with Crippen LogP contribution in [-0.4, -0.2) is 27.5 Å². The first kappa shape index (κ1) is 21.7. The standard InChI is InChI=1S/C24H33N3OS/c1-8-26(9-2)15-20-25-22-21(16(3)17(4)29-22)23(28)27(20)14-18-10-12-19(13-11-18)24(5,6)7/h10-13H,8-9,14-15H2,1-7H3. The second-order valence-electron chi connectivity index (χ2n) is 8.79. The smallest absolute Gasteiger partial charge is 0.262 e. The Hall–Kier alpha value is -1.98. The van der Waals surface area contributed by atoms with Gasteiger partial charge in [-0.3, -0.25) is 14.3 Å². The van der Waals surface area contributed by atoms with E-state index >= 15 is 0 Å². The maximum Gasteiger partial charge on any atom is 0.262 e. The average molecular weight is 412 g/mol. The van der Waals surface area contributed by atoms with E-state index < -0.39 is 0 Å². The van der Waals surface area contributed by atoms with E-state index in [1.54, 1.807) is 11.3 Å². The highest BCUT2D eigenvalue weighted by Gasteiger charge is 2.18. The van der Waals surface area contributed by atoms with Crippen molar-refractivity contribution in [2.75, 3.05) is 13.1 Å². The first-order chi connectivity index (χ1) is 13.7. The van der Waals surface area contributed by atoms with Crippen LogP contribution < -0.4 is 5.56 Å². The molecule has 2 heterocycles. The van der Waals surface area contributed by atoms with Crippen molar-refractivity contribution in [3.63, 3.8) is 0 Å². The minimum absolute atomic E-state index is 0.0823. The quantitative estimate of drug-likeness (QED) is 0.555. The summed E-state index contributed by atoms with van der Waals surface area (Å²) in [7, 11) is 0. The molecule has 0 radical (unpaired) electrons. The summed E-state index contributed by atoms with van der Waals surface area (Å²) in [6.45, 7) is 18.2. The molecule has 0 bridgehead atoms. The Labute approximate surface area is 178 Å². The van der Waals surface area contributed by atoms with Crippen LogP contribution in [0.15, 0.2) is 29.1 Å². The van der Waals surface area contributed by atoms with Crippen molar-refractivity contribution >= 4 is 21.6 Å². The number of aromatic nitrogens is 2. The molecule has 0 spiro atoms.